The zero-order valence-electron chi connectivity index (χ0n) is 15.4. The highest BCUT2D eigenvalue weighted by Crippen LogP contribution is 2.31. The van der Waals surface area contributed by atoms with Crippen LogP contribution in [0.2, 0.25) is 0 Å². The molecule has 7 nitrogen and oxygen atoms in total. The number of fused-ring (bicyclic) bond motifs is 1. The summed E-state index contributed by atoms with van der Waals surface area (Å²) in [6, 6.07) is 11.5. The zero-order chi connectivity index (χ0) is 19.9. The molecule has 0 aliphatic heterocycles. The van der Waals surface area contributed by atoms with Gasteiger partial charge in [0.1, 0.15) is 5.75 Å². The summed E-state index contributed by atoms with van der Waals surface area (Å²) in [5, 5.41) is 3.23. The Kier molecular flexibility index (Phi) is 4.82. The van der Waals surface area contributed by atoms with Gasteiger partial charge in [-0.3, -0.25) is 10.1 Å². The highest BCUT2D eigenvalue weighted by molar-refractivity contribution is 7.89. The number of nitrogens with one attached hydrogen (secondary N) is 1. The van der Waals surface area contributed by atoms with Gasteiger partial charge in [0.15, 0.2) is 5.13 Å². The molecule has 9 heteroatoms. The van der Waals surface area contributed by atoms with Crippen molar-refractivity contribution >= 4 is 42.6 Å². The number of hydrogen-bond acceptors (Lipinski definition) is 6. The first-order chi connectivity index (χ1) is 13.4. The molecule has 1 aliphatic carbocycles. The van der Waals surface area contributed by atoms with Crippen LogP contribution in [0, 0.1) is 0 Å². The van der Waals surface area contributed by atoms with Crippen molar-refractivity contribution in [2.45, 2.75) is 23.8 Å². The van der Waals surface area contributed by atoms with E-state index < -0.39 is 10.0 Å². The Morgan fingerprint density at radius 3 is 2.57 bits per heavy atom. The second-order valence-electron chi connectivity index (χ2n) is 6.58. The Morgan fingerprint density at radius 1 is 1.21 bits per heavy atom. The maximum Gasteiger partial charge on any atom is 0.257 e. The molecule has 0 atom stereocenters. The van der Waals surface area contributed by atoms with Crippen LogP contribution in [-0.2, 0) is 10.0 Å². The minimum atomic E-state index is -3.52. The van der Waals surface area contributed by atoms with Crippen LogP contribution in [0.3, 0.4) is 0 Å². The van der Waals surface area contributed by atoms with Crippen LogP contribution in [0.5, 0.6) is 5.75 Å². The number of hydrogen-bond donors (Lipinski definition) is 1. The summed E-state index contributed by atoms with van der Waals surface area (Å²) in [4.78, 5) is 17.1. The van der Waals surface area contributed by atoms with Gasteiger partial charge in [0, 0.05) is 18.7 Å². The topological polar surface area (TPSA) is 88.6 Å². The number of nitrogens with zero attached hydrogens (tertiary/aromatic N) is 2. The van der Waals surface area contributed by atoms with Gasteiger partial charge >= 0.3 is 0 Å². The summed E-state index contributed by atoms with van der Waals surface area (Å²) in [5.74, 6) is 0.382. The summed E-state index contributed by atoms with van der Waals surface area (Å²) in [5.41, 5.74) is 1.13. The first kappa shape index (κ1) is 18.9. The molecule has 2 aromatic carbocycles. The fraction of sp³-hybridized carbons (Fsp3) is 0.263. The quantitative estimate of drug-likeness (QED) is 0.665. The SMILES string of the molecule is COc1ccc2nc(NC(=O)c3ccc(S(=O)(=O)N(C)C4CC4)cc3)sc2c1. The molecule has 1 heterocycles. The first-order valence-electron chi connectivity index (χ1n) is 8.72. The molecule has 1 N–H and O–H groups in total. The molecule has 0 bridgehead atoms. The lowest BCUT2D eigenvalue weighted by Crippen LogP contribution is -2.29. The van der Waals surface area contributed by atoms with Crippen LogP contribution in [-0.4, -0.2) is 43.8 Å². The number of rotatable bonds is 6. The molecule has 1 fully saturated rings. The summed E-state index contributed by atoms with van der Waals surface area (Å²) in [6.07, 6.45) is 1.79. The van der Waals surface area contributed by atoms with E-state index in [4.69, 9.17) is 4.74 Å². The number of anilines is 1. The van der Waals surface area contributed by atoms with E-state index in [0.29, 0.717) is 10.7 Å². The van der Waals surface area contributed by atoms with Crippen molar-refractivity contribution < 1.29 is 17.9 Å². The number of carbonyl (C=O) groups excluding carboxylic acids is 1. The minimum absolute atomic E-state index is 0.0886. The van der Waals surface area contributed by atoms with Crippen molar-refractivity contribution in [2.24, 2.45) is 0 Å². The maximum absolute atomic E-state index is 12.5. The van der Waals surface area contributed by atoms with Gasteiger partial charge < -0.3 is 4.74 Å². The molecular formula is C19H19N3O4S2. The Hall–Kier alpha value is -2.49. The fourth-order valence-electron chi connectivity index (χ4n) is 2.83. The summed E-state index contributed by atoms with van der Waals surface area (Å²) < 4.78 is 32.6. The van der Waals surface area contributed by atoms with Gasteiger partial charge in [-0.25, -0.2) is 13.4 Å². The average Bonchev–Trinajstić information content (AvgIpc) is 3.47. The predicted octanol–water partition coefficient (Wildman–Crippen LogP) is 3.34. The third-order valence-electron chi connectivity index (χ3n) is 4.67. The fourth-order valence-corrected chi connectivity index (χ4v) is 5.14. The zero-order valence-corrected chi connectivity index (χ0v) is 17.0. The highest BCUT2D eigenvalue weighted by Gasteiger charge is 2.35. The van der Waals surface area contributed by atoms with E-state index in [0.717, 1.165) is 28.8 Å². The summed E-state index contributed by atoms with van der Waals surface area (Å²) in [7, 11) is -0.334. The number of sulfonamides is 1. The molecule has 1 amide bonds. The van der Waals surface area contributed by atoms with E-state index in [9.17, 15) is 13.2 Å². The van der Waals surface area contributed by atoms with Crippen LogP contribution in [0.4, 0.5) is 5.13 Å². The summed E-state index contributed by atoms with van der Waals surface area (Å²) >= 11 is 1.35. The number of thiazole rings is 1. The number of aromatic nitrogens is 1. The lowest BCUT2D eigenvalue weighted by molar-refractivity contribution is 0.102. The van der Waals surface area contributed by atoms with Crippen molar-refractivity contribution in [3.63, 3.8) is 0 Å². The largest absolute Gasteiger partial charge is 0.497 e. The lowest BCUT2D eigenvalue weighted by atomic mass is 10.2. The second kappa shape index (κ2) is 7.16. The van der Waals surface area contributed by atoms with E-state index in [2.05, 4.69) is 10.3 Å². The molecule has 1 aromatic heterocycles. The molecule has 4 rings (SSSR count). The Balaban J connectivity index is 1.50. The van der Waals surface area contributed by atoms with Gasteiger partial charge in [-0.2, -0.15) is 4.31 Å². The second-order valence-corrected chi connectivity index (χ2v) is 9.61. The van der Waals surface area contributed by atoms with Crippen LogP contribution in [0.15, 0.2) is 47.4 Å². The third-order valence-corrected chi connectivity index (χ3v) is 7.53. The van der Waals surface area contributed by atoms with Crippen LogP contribution >= 0.6 is 11.3 Å². The third kappa shape index (κ3) is 3.60. The molecule has 0 spiro atoms. The van der Waals surface area contributed by atoms with Gasteiger partial charge in [-0.1, -0.05) is 11.3 Å². The lowest BCUT2D eigenvalue weighted by Gasteiger charge is -2.16. The van der Waals surface area contributed by atoms with Crippen molar-refractivity contribution in [1.29, 1.82) is 0 Å². The van der Waals surface area contributed by atoms with Gasteiger partial charge in [-0.05, 0) is 55.3 Å². The van der Waals surface area contributed by atoms with Crippen molar-refractivity contribution in [2.75, 3.05) is 19.5 Å². The Bertz CT molecular complexity index is 1140. The van der Waals surface area contributed by atoms with Gasteiger partial charge in [0.25, 0.3) is 5.91 Å². The predicted molar refractivity (Wildman–Crippen MR) is 109 cm³/mol. The average molecular weight is 418 g/mol. The number of amides is 1. The van der Waals surface area contributed by atoms with Crippen LogP contribution in [0.1, 0.15) is 23.2 Å². The number of carbonyl (C=O) groups is 1. The van der Waals surface area contributed by atoms with Crippen molar-refractivity contribution in [3.05, 3.63) is 48.0 Å². The normalized spacial score (nSPS) is 14.4. The molecule has 146 valence electrons. The van der Waals surface area contributed by atoms with Crippen LogP contribution < -0.4 is 10.1 Å². The number of methoxy groups -OCH3 is 1. The van der Waals surface area contributed by atoms with E-state index in [1.165, 1.54) is 39.9 Å². The highest BCUT2D eigenvalue weighted by atomic mass is 32.2. The van der Waals surface area contributed by atoms with Gasteiger partial charge in [0.2, 0.25) is 10.0 Å². The monoisotopic (exact) mass is 417 g/mol. The Labute approximate surface area is 167 Å². The minimum Gasteiger partial charge on any atom is -0.497 e. The van der Waals surface area contributed by atoms with E-state index in [1.807, 2.05) is 18.2 Å². The smallest absolute Gasteiger partial charge is 0.257 e. The molecule has 3 aromatic rings. The maximum atomic E-state index is 12.5. The first-order valence-corrected chi connectivity index (χ1v) is 11.0. The molecule has 28 heavy (non-hydrogen) atoms. The molecule has 0 unspecified atom stereocenters. The number of ether oxygens (including phenoxy) is 1. The molecular weight excluding hydrogens is 398 g/mol. The molecule has 0 radical (unpaired) electrons. The van der Waals surface area contributed by atoms with E-state index in [-0.39, 0.29) is 16.8 Å². The number of benzene rings is 2. The van der Waals surface area contributed by atoms with E-state index in [1.54, 1.807) is 14.2 Å². The van der Waals surface area contributed by atoms with Gasteiger partial charge in [0.05, 0.1) is 22.2 Å². The molecule has 1 aliphatic rings. The molecule has 0 saturated heterocycles. The van der Waals surface area contributed by atoms with Crippen molar-refractivity contribution in [3.8, 4) is 5.75 Å². The standard InChI is InChI=1S/C19H19N3O4S2/c1-22(13-5-6-13)28(24,25)15-8-3-12(4-9-15)18(23)21-19-20-16-10-7-14(26-2)11-17(16)27-19/h3-4,7-11,13H,5-6H2,1-2H3,(H,20,21,23). The van der Waals surface area contributed by atoms with E-state index >= 15 is 0 Å². The molecule has 1 saturated carbocycles. The van der Waals surface area contributed by atoms with Gasteiger partial charge in [-0.15, -0.1) is 0 Å². The van der Waals surface area contributed by atoms with Crippen molar-refractivity contribution in [1.82, 2.24) is 9.29 Å². The van der Waals surface area contributed by atoms with Crippen LogP contribution in [0.25, 0.3) is 10.2 Å². The summed E-state index contributed by atoms with van der Waals surface area (Å²) in [6.45, 7) is 0. The Morgan fingerprint density at radius 2 is 1.93 bits per heavy atom.